The highest BCUT2D eigenvalue weighted by molar-refractivity contribution is 8.00. The van der Waals surface area contributed by atoms with Crippen molar-refractivity contribution in [2.24, 2.45) is 5.92 Å². The SMILES string of the molecule is C=CCOC1CCC1COCSC[Si](O)(O)O[Si](C)(O[Si](C)(C)C)[Si](C)(C)O[Si](C)(C)O[Si](O)(O)CSCOCC. The first-order valence-corrected chi connectivity index (χ1v) is 32.7. The molecule has 4 N–H and O–H groups in total. The van der Waals surface area contributed by atoms with E-state index in [1.54, 1.807) is 19.2 Å². The monoisotopic (exact) mass is 726 g/mol. The van der Waals surface area contributed by atoms with Crippen LogP contribution in [0.3, 0.4) is 0 Å². The molecule has 0 aromatic carbocycles. The lowest BCUT2D eigenvalue weighted by molar-refractivity contribution is -0.0623. The molecule has 244 valence electrons. The molecule has 1 rings (SSSR count). The third-order valence-corrected chi connectivity index (χ3v) is 37.1. The Balaban J connectivity index is 2.81. The van der Waals surface area contributed by atoms with Gasteiger partial charge >= 0.3 is 34.2 Å². The van der Waals surface area contributed by atoms with E-state index in [-0.39, 0.29) is 16.9 Å². The molecule has 3 unspecified atom stereocenters. The topological polar surface area (TPSA) is 146 Å². The molecule has 1 fully saturated rings. The lowest BCUT2D eigenvalue weighted by Crippen LogP contribution is -2.73. The lowest BCUT2D eigenvalue weighted by Gasteiger charge is -2.47. The minimum Gasteiger partial charge on any atom is -0.437 e. The molecule has 41 heavy (non-hydrogen) atoms. The molecule has 0 aromatic rings. The third kappa shape index (κ3) is 15.9. The summed E-state index contributed by atoms with van der Waals surface area (Å²) >= 11 is 2.54. The second-order valence-electron chi connectivity index (χ2n) is 12.2. The van der Waals surface area contributed by atoms with Crippen LogP contribution in [0.4, 0.5) is 0 Å². The van der Waals surface area contributed by atoms with E-state index in [1.165, 1.54) is 23.5 Å². The number of hydrogen-bond acceptors (Lipinski definition) is 13. The standard InChI is InChI=1S/C22H54O11S2Si6/c1-11-15-29-22-14-13-21(22)16-28-18-35-20-41(25,26)33-39(10,30-36(3,4)5)38(8,9)31-37(6,7)32-40(23,24)19-34-17-27-12-2/h11,21-26H,1,12-20H2,2-10H3. The number of rotatable bonds is 23. The van der Waals surface area contributed by atoms with E-state index in [1.807, 2.05) is 46.2 Å². The number of ether oxygens (including phenoxy) is 3. The maximum absolute atomic E-state index is 11.0. The van der Waals surface area contributed by atoms with Gasteiger partial charge in [-0.05, 0) is 72.1 Å². The molecular formula is C22H54O11S2Si6. The van der Waals surface area contributed by atoms with Crippen LogP contribution >= 0.6 is 23.5 Å². The molecule has 0 spiro atoms. The van der Waals surface area contributed by atoms with Crippen LogP contribution in [0.1, 0.15) is 19.8 Å². The van der Waals surface area contributed by atoms with Crippen LogP contribution in [-0.2, 0) is 30.7 Å². The van der Waals surface area contributed by atoms with Gasteiger partial charge in [0.05, 0.1) is 41.9 Å². The fraction of sp³-hybridized carbons (Fsp3) is 0.909. The Hall–Kier alpha value is 1.30. The van der Waals surface area contributed by atoms with Gasteiger partial charge in [0.2, 0.25) is 7.83 Å². The Morgan fingerprint density at radius 2 is 1.34 bits per heavy atom. The molecule has 0 radical (unpaired) electrons. The minimum absolute atomic E-state index is 0.00608. The molecule has 0 bridgehead atoms. The highest BCUT2D eigenvalue weighted by Crippen LogP contribution is 2.33. The molecule has 0 amide bonds. The van der Waals surface area contributed by atoms with Crippen LogP contribution < -0.4 is 0 Å². The van der Waals surface area contributed by atoms with Crippen molar-refractivity contribution >= 4 is 73.9 Å². The van der Waals surface area contributed by atoms with Gasteiger partial charge in [0.15, 0.2) is 8.32 Å². The van der Waals surface area contributed by atoms with Crippen molar-refractivity contribution in [1.82, 2.24) is 0 Å². The summed E-state index contributed by atoms with van der Waals surface area (Å²) in [5.74, 6) is 0.998. The quantitative estimate of drug-likeness (QED) is 0.0530. The fourth-order valence-electron chi connectivity index (χ4n) is 4.23. The fourth-order valence-corrected chi connectivity index (χ4v) is 40.6. The van der Waals surface area contributed by atoms with E-state index >= 15 is 0 Å². The molecular weight excluding hydrogens is 673 g/mol. The van der Waals surface area contributed by atoms with Gasteiger partial charge in [0.25, 0.3) is 0 Å². The van der Waals surface area contributed by atoms with Gasteiger partial charge in [-0.15, -0.1) is 30.1 Å². The largest absolute Gasteiger partial charge is 0.497 e. The van der Waals surface area contributed by atoms with Crippen LogP contribution in [-0.4, -0.2) is 118 Å². The van der Waals surface area contributed by atoms with Gasteiger partial charge in [-0.3, -0.25) is 0 Å². The second-order valence-corrected chi connectivity index (χ2v) is 40.3. The molecule has 0 saturated heterocycles. The molecule has 1 saturated carbocycles. The molecule has 0 heterocycles. The smallest absolute Gasteiger partial charge is 0.437 e. The van der Waals surface area contributed by atoms with Crippen LogP contribution in [0.5, 0.6) is 0 Å². The Kier molecular flexibility index (Phi) is 17.0. The first-order valence-electron chi connectivity index (χ1n) is 13.9. The van der Waals surface area contributed by atoms with Gasteiger partial charge < -0.3 is 49.9 Å². The Bertz CT molecular complexity index is 792. The van der Waals surface area contributed by atoms with E-state index in [4.69, 9.17) is 30.7 Å². The Morgan fingerprint density at radius 3 is 1.83 bits per heavy atom. The maximum Gasteiger partial charge on any atom is 0.497 e. The molecule has 1 aliphatic carbocycles. The van der Waals surface area contributed by atoms with E-state index in [0.717, 1.165) is 12.8 Å². The average Bonchev–Trinajstić information content (AvgIpc) is 2.75. The van der Waals surface area contributed by atoms with E-state index in [2.05, 4.69) is 6.58 Å². The van der Waals surface area contributed by atoms with Gasteiger partial charge in [-0.25, -0.2) is 0 Å². The summed E-state index contributed by atoms with van der Waals surface area (Å²) in [6, 6.07) is 0. The second kappa shape index (κ2) is 17.3. The zero-order valence-electron chi connectivity index (χ0n) is 26.3. The van der Waals surface area contributed by atoms with Gasteiger partial charge in [0.1, 0.15) is 0 Å². The summed E-state index contributed by atoms with van der Waals surface area (Å²) in [6.07, 6.45) is 4.01. The summed E-state index contributed by atoms with van der Waals surface area (Å²) in [5.41, 5.74) is 0. The third-order valence-electron chi connectivity index (χ3n) is 6.09. The molecule has 1 aliphatic rings. The van der Waals surface area contributed by atoms with E-state index in [9.17, 15) is 19.2 Å². The van der Waals surface area contributed by atoms with Crippen LogP contribution in [0.15, 0.2) is 12.7 Å². The highest BCUT2D eigenvalue weighted by Gasteiger charge is 2.60. The van der Waals surface area contributed by atoms with Gasteiger partial charge in [-0.2, -0.15) is 0 Å². The Labute approximate surface area is 261 Å². The molecule has 0 aromatic heterocycles. The summed E-state index contributed by atoms with van der Waals surface area (Å²) in [6.45, 7) is 22.4. The van der Waals surface area contributed by atoms with Crippen molar-refractivity contribution < 1.29 is 49.9 Å². The van der Waals surface area contributed by atoms with Crippen LogP contribution in [0.25, 0.3) is 0 Å². The van der Waals surface area contributed by atoms with Crippen molar-refractivity contribution in [3.63, 3.8) is 0 Å². The minimum atomic E-state index is -4.17. The van der Waals surface area contributed by atoms with E-state index < -0.39 is 50.4 Å². The molecule has 0 aliphatic heterocycles. The van der Waals surface area contributed by atoms with E-state index in [0.29, 0.717) is 37.6 Å². The van der Waals surface area contributed by atoms with Gasteiger partial charge in [-0.1, -0.05) is 6.08 Å². The summed E-state index contributed by atoms with van der Waals surface area (Å²) in [7, 11) is -19.8. The van der Waals surface area contributed by atoms with Crippen molar-refractivity contribution in [3.05, 3.63) is 12.7 Å². The average molecular weight is 727 g/mol. The van der Waals surface area contributed by atoms with Crippen molar-refractivity contribution in [2.45, 2.75) is 78.2 Å². The summed E-state index contributed by atoms with van der Waals surface area (Å²) in [4.78, 5) is 43.3. The predicted octanol–water partition coefficient (Wildman–Crippen LogP) is 3.29. The van der Waals surface area contributed by atoms with Crippen molar-refractivity contribution in [1.29, 1.82) is 0 Å². The highest BCUT2D eigenvalue weighted by atomic mass is 32.2. The molecule has 11 nitrogen and oxygen atoms in total. The molecule has 3 atom stereocenters. The Morgan fingerprint density at radius 1 is 0.780 bits per heavy atom. The normalized spacial score (nSPS) is 20.5. The number of hydrogen-bond donors (Lipinski definition) is 4. The zero-order chi connectivity index (χ0) is 31.6. The molecule has 19 heteroatoms. The van der Waals surface area contributed by atoms with Crippen LogP contribution in [0.2, 0.25) is 52.4 Å². The van der Waals surface area contributed by atoms with Crippen molar-refractivity contribution in [3.8, 4) is 0 Å². The van der Waals surface area contributed by atoms with Gasteiger partial charge in [0, 0.05) is 12.5 Å². The van der Waals surface area contributed by atoms with Crippen molar-refractivity contribution in [2.75, 3.05) is 42.5 Å². The summed E-state index contributed by atoms with van der Waals surface area (Å²) in [5, 5.41) is 0.0189. The van der Waals surface area contributed by atoms with Crippen LogP contribution in [0, 0.1) is 5.92 Å². The maximum atomic E-state index is 11.0. The predicted molar refractivity (Wildman–Crippen MR) is 180 cm³/mol. The lowest BCUT2D eigenvalue weighted by atomic mass is 9.82. The zero-order valence-corrected chi connectivity index (χ0v) is 33.9. The first kappa shape index (κ1) is 40.3. The first-order chi connectivity index (χ1) is 18.7. The summed E-state index contributed by atoms with van der Waals surface area (Å²) < 4.78 is 42.0. The number of thioether (sulfide) groups is 2.